The first-order chi connectivity index (χ1) is 15.3. The van der Waals surface area contributed by atoms with Gasteiger partial charge in [0.25, 0.3) is 5.91 Å². The molecular weight excluding hydrogens is 420 g/mol. The van der Waals surface area contributed by atoms with Gasteiger partial charge < -0.3 is 5.32 Å². The molecule has 6 nitrogen and oxygen atoms in total. The Morgan fingerprint density at radius 3 is 2.66 bits per heavy atom. The molecule has 3 atom stereocenters. The fourth-order valence-electron chi connectivity index (χ4n) is 3.77. The van der Waals surface area contributed by atoms with E-state index in [4.69, 9.17) is 9.98 Å². The maximum absolute atomic E-state index is 13.3. The standard InChI is InChI=1S/C25H28N4O2S/c1-6-14(2)21-24(31)29-22(28-21)18-11-7-8-12-20(18)27-25(29)32-17(5)23(30)26-19-13-9-10-15(3)16(19)4/h7-14,17,21H,6H2,1-5H3,(H,26,30)/t14-,17+,21-/m0/s1. The highest BCUT2D eigenvalue weighted by Gasteiger charge is 2.43. The Morgan fingerprint density at radius 2 is 1.91 bits per heavy atom. The van der Waals surface area contributed by atoms with Crippen molar-refractivity contribution < 1.29 is 9.59 Å². The Kier molecular flexibility index (Phi) is 6.20. The molecule has 0 fully saturated rings. The van der Waals surface area contributed by atoms with Crippen LogP contribution >= 0.6 is 11.8 Å². The largest absolute Gasteiger partial charge is 0.325 e. The van der Waals surface area contributed by atoms with E-state index < -0.39 is 11.3 Å². The van der Waals surface area contributed by atoms with Gasteiger partial charge in [-0.3, -0.25) is 14.6 Å². The summed E-state index contributed by atoms with van der Waals surface area (Å²) in [7, 11) is 0. The summed E-state index contributed by atoms with van der Waals surface area (Å²) in [6.45, 7) is 9.95. The van der Waals surface area contributed by atoms with Crippen LogP contribution < -0.4 is 5.32 Å². The first-order valence-electron chi connectivity index (χ1n) is 11.0. The molecule has 1 N–H and O–H groups in total. The van der Waals surface area contributed by atoms with Crippen LogP contribution in [0.4, 0.5) is 11.4 Å². The Labute approximate surface area is 193 Å². The number of aliphatic imine (C=N–C) groups is 2. The summed E-state index contributed by atoms with van der Waals surface area (Å²) in [6, 6.07) is 13.1. The van der Waals surface area contributed by atoms with E-state index in [0.717, 1.165) is 34.5 Å². The van der Waals surface area contributed by atoms with E-state index >= 15 is 0 Å². The zero-order chi connectivity index (χ0) is 23.0. The van der Waals surface area contributed by atoms with Crippen molar-refractivity contribution in [3.63, 3.8) is 0 Å². The second-order valence-corrected chi connectivity index (χ2v) is 9.67. The topological polar surface area (TPSA) is 74.1 Å². The quantitative estimate of drug-likeness (QED) is 0.694. The van der Waals surface area contributed by atoms with Gasteiger partial charge in [-0.15, -0.1) is 0 Å². The maximum Gasteiger partial charge on any atom is 0.259 e. The number of nitrogens with zero attached hydrogens (tertiary/aromatic N) is 3. The van der Waals surface area contributed by atoms with Crippen molar-refractivity contribution in [2.75, 3.05) is 5.32 Å². The minimum atomic E-state index is -0.448. The minimum Gasteiger partial charge on any atom is -0.325 e. The van der Waals surface area contributed by atoms with Crippen molar-refractivity contribution in [1.82, 2.24) is 4.90 Å². The molecule has 166 valence electrons. The highest BCUT2D eigenvalue weighted by atomic mass is 32.2. The van der Waals surface area contributed by atoms with E-state index in [1.165, 1.54) is 11.8 Å². The van der Waals surface area contributed by atoms with Crippen LogP contribution in [0.25, 0.3) is 0 Å². The molecule has 4 rings (SSSR count). The van der Waals surface area contributed by atoms with E-state index in [9.17, 15) is 9.59 Å². The maximum atomic E-state index is 13.3. The number of para-hydroxylation sites is 1. The fourth-order valence-corrected chi connectivity index (χ4v) is 4.69. The number of rotatable bonds is 5. The number of carbonyl (C=O) groups excluding carboxylic acids is 2. The van der Waals surface area contributed by atoms with Crippen LogP contribution in [0.1, 0.15) is 43.9 Å². The normalized spacial score (nSPS) is 19.0. The number of fused-ring (bicyclic) bond motifs is 3. The molecule has 2 aromatic carbocycles. The fraction of sp³-hybridized carbons (Fsp3) is 0.360. The molecule has 2 aliphatic heterocycles. The highest BCUT2D eigenvalue weighted by molar-refractivity contribution is 8.15. The number of amides is 2. The summed E-state index contributed by atoms with van der Waals surface area (Å²) < 4.78 is 0. The second-order valence-electron chi connectivity index (χ2n) is 8.37. The molecule has 0 unspecified atom stereocenters. The number of carbonyl (C=O) groups is 2. The smallest absolute Gasteiger partial charge is 0.259 e. The number of aryl methyl sites for hydroxylation is 1. The Balaban J connectivity index is 1.61. The Hall–Kier alpha value is -2.93. The molecule has 0 spiro atoms. The summed E-state index contributed by atoms with van der Waals surface area (Å²) in [6.07, 6.45) is 0.858. The van der Waals surface area contributed by atoms with Crippen molar-refractivity contribution >= 4 is 46.0 Å². The van der Waals surface area contributed by atoms with Crippen LogP contribution in [-0.4, -0.2) is 39.0 Å². The van der Waals surface area contributed by atoms with Crippen LogP contribution in [0.5, 0.6) is 0 Å². The summed E-state index contributed by atoms with van der Waals surface area (Å²) in [4.78, 5) is 37.4. The van der Waals surface area contributed by atoms with Crippen LogP contribution in [0, 0.1) is 19.8 Å². The number of anilines is 1. The van der Waals surface area contributed by atoms with Gasteiger partial charge in [0.2, 0.25) is 5.91 Å². The SMILES string of the molecule is CC[C@H](C)[C@@H]1N=C2c3ccccc3N=C(S[C@H](C)C(=O)Nc3cccc(C)c3C)N2C1=O. The lowest BCUT2D eigenvalue weighted by Gasteiger charge is -2.27. The highest BCUT2D eigenvalue weighted by Crippen LogP contribution is 2.36. The summed E-state index contributed by atoms with van der Waals surface area (Å²) >= 11 is 1.29. The van der Waals surface area contributed by atoms with Gasteiger partial charge >= 0.3 is 0 Å². The van der Waals surface area contributed by atoms with Gasteiger partial charge in [0.05, 0.1) is 10.9 Å². The predicted octanol–water partition coefficient (Wildman–Crippen LogP) is 5.07. The van der Waals surface area contributed by atoms with Gasteiger partial charge in [0.15, 0.2) is 5.17 Å². The molecule has 0 saturated heterocycles. The molecule has 32 heavy (non-hydrogen) atoms. The summed E-state index contributed by atoms with van der Waals surface area (Å²) in [5.41, 5.74) is 4.58. The molecule has 7 heteroatoms. The number of benzene rings is 2. The van der Waals surface area contributed by atoms with Crippen molar-refractivity contribution in [3.05, 3.63) is 59.2 Å². The summed E-state index contributed by atoms with van der Waals surface area (Å²) in [5, 5.41) is 3.07. The van der Waals surface area contributed by atoms with Gasteiger partial charge in [0, 0.05) is 11.3 Å². The van der Waals surface area contributed by atoms with Crippen molar-refractivity contribution in [2.45, 2.75) is 52.3 Å². The predicted molar refractivity (Wildman–Crippen MR) is 132 cm³/mol. The van der Waals surface area contributed by atoms with Crippen molar-refractivity contribution in [3.8, 4) is 0 Å². The van der Waals surface area contributed by atoms with Gasteiger partial charge in [-0.2, -0.15) is 0 Å². The van der Waals surface area contributed by atoms with Crippen LogP contribution in [0.15, 0.2) is 52.4 Å². The zero-order valence-corrected chi connectivity index (χ0v) is 19.9. The number of thioether (sulfide) groups is 1. The molecular formula is C25H28N4O2S. The molecule has 0 aromatic heterocycles. The van der Waals surface area contributed by atoms with Crippen LogP contribution in [0.3, 0.4) is 0 Å². The molecule has 2 aromatic rings. The van der Waals surface area contributed by atoms with E-state index in [1.807, 2.05) is 70.2 Å². The first-order valence-corrected chi connectivity index (χ1v) is 11.8. The number of hydrogen-bond acceptors (Lipinski definition) is 5. The third-order valence-electron chi connectivity index (χ3n) is 6.20. The van der Waals surface area contributed by atoms with Gasteiger partial charge in [-0.05, 0) is 56.0 Å². The average molecular weight is 449 g/mol. The average Bonchev–Trinajstić information content (AvgIpc) is 3.14. The van der Waals surface area contributed by atoms with Gasteiger partial charge in [0.1, 0.15) is 11.9 Å². The third kappa shape index (κ3) is 3.97. The molecule has 0 radical (unpaired) electrons. The van der Waals surface area contributed by atoms with Crippen molar-refractivity contribution in [2.24, 2.45) is 15.9 Å². The molecule has 0 saturated carbocycles. The Bertz CT molecular complexity index is 1140. The van der Waals surface area contributed by atoms with Gasteiger partial charge in [-0.1, -0.05) is 56.3 Å². The first kappa shape index (κ1) is 22.3. The zero-order valence-electron chi connectivity index (χ0n) is 19.0. The molecule has 2 heterocycles. The van der Waals surface area contributed by atoms with Gasteiger partial charge in [-0.25, -0.2) is 9.89 Å². The molecule has 2 aliphatic rings. The van der Waals surface area contributed by atoms with E-state index in [-0.39, 0.29) is 17.7 Å². The molecule has 0 bridgehead atoms. The lowest BCUT2D eigenvalue weighted by molar-refractivity contribution is -0.125. The Morgan fingerprint density at radius 1 is 1.16 bits per heavy atom. The molecule has 0 aliphatic carbocycles. The molecule has 2 amide bonds. The third-order valence-corrected chi connectivity index (χ3v) is 7.25. The number of amidine groups is 2. The lowest BCUT2D eigenvalue weighted by atomic mass is 10.00. The minimum absolute atomic E-state index is 0.0720. The monoisotopic (exact) mass is 448 g/mol. The van der Waals surface area contributed by atoms with E-state index in [2.05, 4.69) is 12.2 Å². The number of nitrogens with one attached hydrogen (secondary N) is 1. The van der Waals surface area contributed by atoms with Crippen LogP contribution in [-0.2, 0) is 9.59 Å². The summed E-state index contributed by atoms with van der Waals surface area (Å²) in [5.74, 6) is 0.561. The van der Waals surface area contributed by atoms with Crippen LogP contribution in [0.2, 0.25) is 0 Å². The van der Waals surface area contributed by atoms with Crippen molar-refractivity contribution in [1.29, 1.82) is 0 Å². The van der Waals surface area contributed by atoms with E-state index in [0.29, 0.717) is 11.0 Å². The van der Waals surface area contributed by atoms with E-state index in [1.54, 1.807) is 4.90 Å². The number of hydrogen-bond donors (Lipinski definition) is 1. The second kappa shape index (κ2) is 8.90. The lowest BCUT2D eigenvalue weighted by Crippen LogP contribution is -2.43.